The van der Waals surface area contributed by atoms with Gasteiger partial charge in [0.05, 0.1) is 29.1 Å². The minimum atomic E-state index is 0.152. The number of ether oxygens (including phenoxy) is 1. The van der Waals surface area contributed by atoms with Crippen molar-refractivity contribution in [3.8, 4) is 5.88 Å². The van der Waals surface area contributed by atoms with Gasteiger partial charge in [0.1, 0.15) is 11.9 Å². The molecule has 1 aliphatic rings. The number of hydrogen-bond acceptors (Lipinski definition) is 6. The van der Waals surface area contributed by atoms with E-state index in [9.17, 15) is 0 Å². The van der Waals surface area contributed by atoms with Crippen LogP contribution in [0.2, 0.25) is 5.02 Å². The first-order chi connectivity index (χ1) is 12.2. The first-order valence-electron chi connectivity index (χ1n) is 8.30. The number of anilines is 1. The van der Waals surface area contributed by atoms with E-state index in [1.165, 1.54) is 0 Å². The maximum Gasteiger partial charge on any atom is 0.232 e. The number of rotatable bonds is 3. The van der Waals surface area contributed by atoms with Crippen LogP contribution in [-0.2, 0) is 0 Å². The standard InChI is InChI=1S/C18H18ClN5O/c1-12-9-20-11-18(22-12)25-14-4-6-24(7-5-14)17-10-21-16-8-13(19)2-3-15(16)23-17/h2-3,8-11,14H,4-7H2,1H3. The van der Waals surface area contributed by atoms with Gasteiger partial charge in [0.25, 0.3) is 0 Å². The van der Waals surface area contributed by atoms with E-state index in [0.717, 1.165) is 48.5 Å². The van der Waals surface area contributed by atoms with Gasteiger partial charge < -0.3 is 9.64 Å². The van der Waals surface area contributed by atoms with E-state index in [-0.39, 0.29) is 6.10 Å². The monoisotopic (exact) mass is 355 g/mol. The van der Waals surface area contributed by atoms with Gasteiger partial charge in [-0.05, 0) is 25.1 Å². The number of piperidine rings is 1. The highest BCUT2D eigenvalue weighted by molar-refractivity contribution is 6.31. The van der Waals surface area contributed by atoms with Gasteiger partial charge in [-0.3, -0.25) is 9.97 Å². The minimum Gasteiger partial charge on any atom is -0.473 e. The molecule has 128 valence electrons. The van der Waals surface area contributed by atoms with Crippen molar-refractivity contribution < 1.29 is 4.74 Å². The number of nitrogens with zero attached hydrogens (tertiary/aromatic N) is 5. The van der Waals surface area contributed by atoms with Crippen molar-refractivity contribution in [1.29, 1.82) is 0 Å². The van der Waals surface area contributed by atoms with Gasteiger partial charge in [0.2, 0.25) is 5.88 Å². The fourth-order valence-corrected chi connectivity index (χ4v) is 3.16. The van der Waals surface area contributed by atoms with Crippen molar-refractivity contribution in [2.45, 2.75) is 25.9 Å². The maximum atomic E-state index is 6.00. The van der Waals surface area contributed by atoms with Gasteiger partial charge in [0.15, 0.2) is 0 Å². The normalized spacial score (nSPS) is 15.5. The second-order valence-electron chi connectivity index (χ2n) is 6.16. The molecule has 6 nitrogen and oxygen atoms in total. The van der Waals surface area contributed by atoms with E-state index in [0.29, 0.717) is 10.9 Å². The molecule has 0 atom stereocenters. The molecule has 3 aromatic rings. The highest BCUT2D eigenvalue weighted by Gasteiger charge is 2.22. The molecule has 1 aromatic carbocycles. The molecule has 1 aliphatic heterocycles. The fraction of sp³-hybridized carbons (Fsp3) is 0.333. The SMILES string of the molecule is Cc1cncc(OC2CCN(c3cnc4cc(Cl)ccc4n3)CC2)n1. The Morgan fingerprint density at radius 3 is 2.72 bits per heavy atom. The molecule has 4 rings (SSSR count). The van der Waals surface area contributed by atoms with Gasteiger partial charge in [-0.25, -0.2) is 9.97 Å². The summed E-state index contributed by atoms with van der Waals surface area (Å²) in [5.41, 5.74) is 2.53. The number of aryl methyl sites for hydroxylation is 1. The Bertz CT molecular complexity index is 896. The van der Waals surface area contributed by atoms with Crippen LogP contribution in [0.3, 0.4) is 0 Å². The molecule has 3 heterocycles. The van der Waals surface area contributed by atoms with E-state index in [1.54, 1.807) is 12.4 Å². The zero-order valence-electron chi connectivity index (χ0n) is 13.9. The summed E-state index contributed by atoms with van der Waals surface area (Å²) < 4.78 is 5.95. The second kappa shape index (κ2) is 6.80. The quantitative estimate of drug-likeness (QED) is 0.717. The summed E-state index contributed by atoms with van der Waals surface area (Å²) in [5, 5.41) is 0.673. The van der Waals surface area contributed by atoms with Crippen LogP contribution in [0.1, 0.15) is 18.5 Å². The van der Waals surface area contributed by atoms with E-state index < -0.39 is 0 Å². The van der Waals surface area contributed by atoms with Gasteiger partial charge in [-0.15, -0.1) is 0 Å². The lowest BCUT2D eigenvalue weighted by atomic mass is 10.1. The average molecular weight is 356 g/mol. The van der Waals surface area contributed by atoms with Crippen LogP contribution in [0.4, 0.5) is 5.82 Å². The molecule has 0 radical (unpaired) electrons. The molecule has 1 fully saturated rings. The highest BCUT2D eigenvalue weighted by Crippen LogP contribution is 2.23. The van der Waals surface area contributed by atoms with Crippen LogP contribution in [0, 0.1) is 6.92 Å². The summed E-state index contributed by atoms with van der Waals surface area (Å²) in [7, 11) is 0. The molecule has 0 saturated carbocycles. The van der Waals surface area contributed by atoms with Crippen molar-refractivity contribution >= 4 is 28.5 Å². The molecule has 2 aromatic heterocycles. The Labute approximate surface area is 150 Å². The van der Waals surface area contributed by atoms with E-state index in [2.05, 4.69) is 19.9 Å². The molecular formula is C18H18ClN5O. The Kier molecular flexibility index (Phi) is 4.36. The molecule has 1 saturated heterocycles. The zero-order chi connectivity index (χ0) is 17.2. The second-order valence-corrected chi connectivity index (χ2v) is 6.60. The van der Waals surface area contributed by atoms with E-state index in [4.69, 9.17) is 21.3 Å². The molecule has 0 unspecified atom stereocenters. The summed E-state index contributed by atoms with van der Waals surface area (Å²) in [6.07, 6.45) is 7.18. The van der Waals surface area contributed by atoms with Crippen LogP contribution in [0.25, 0.3) is 11.0 Å². The third-order valence-corrected chi connectivity index (χ3v) is 4.51. The number of hydrogen-bond donors (Lipinski definition) is 0. The third-order valence-electron chi connectivity index (χ3n) is 4.28. The summed E-state index contributed by atoms with van der Waals surface area (Å²) in [4.78, 5) is 19.9. The molecule has 0 bridgehead atoms. The predicted octanol–water partition coefficient (Wildman–Crippen LogP) is 3.43. The first kappa shape index (κ1) is 16.0. The smallest absolute Gasteiger partial charge is 0.232 e. The maximum absolute atomic E-state index is 6.00. The van der Waals surface area contributed by atoms with Crippen LogP contribution in [0.5, 0.6) is 5.88 Å². The molecule has 0 amide bonds. The molecular weight excluding hydrogens is 338 g/mol. The van der Waals surface area contributed by atoms with Crippen LogP contribution < -0.4 is 9.64 Å². The molecule has 0 N–H and O–H groups in total. The summed E-state index contributed by atoms with van der Waals surface area (Å²) in [6, 6.07) is 5.57. The van der Waals surface area contributed by atoms with E-state index in [1.807, 2.05) is 31.3 Å². The minimum absolute atomic E-state index is 0.152. The van der Waals surface area contributed by atoms with Crippen molar-refractivity contribution in [3.05, 3.63) is 47.5 Å². The van der Waals surface area contributed by atoms with Crippen molar-refractivity contribution in [1.82, 2.24) is 19.9 Å². The Morgan fingerprint density at radius 1 is 1.08 bits per heavy atom. The van der Waals surface area contributed by atoms with Gasteiger partial charge >= 0.3 is 0 Å². The lowest BCUT2D eigenvalue weighted by molar-refractivity contribution is 0.163. The third kappa shape index (κ3) is 3.64. The lowest BCUT2D eigenvalue weighted by Crippen LogP contribution is -2.38. The molecule has 0 aliphatic carbocycles. The topological polar surface area (TPSA) is 64.0 Å². The van der Waals surface area contributed by atoms with Crippen LogP contribution in [-0.4, -0.2) is 39.1 Å². The fourth-order valence-electron chi connectivity index (χ4n) is 3.00. The van der Waals surface area contributed by atoms with Gasteiger partial charge in [0, 0.05) is 37.2 Å². The van der Waals surface area contributed by atoms with Gasteiger partial charge in [-0.1, -0.05) is 11.6 Å². The number of fused-ring (bicyclic) bond motifs is 1. The molecule has 0 spiro atoms. The number of benzene rings is 1. The van der Waals surface area contributed by atoms with Crippen molar-refractivity contribution in [2.24, 2.45) is 0 Å². The Morgan fingerprint density at radius 2 is 1.92 bits per heavy atom. The Hall–Kier alpha value is -2.47. The molecule has 25 heavy (non-hydrogen) atoms. The molecule has 7 heteroatoms. The first-order valence-corrected chi connectivity index (χ1v) is 8.68. The largest absolute Gasteiger partial charge is 0.473 e. The summed E-state index contributed by atoms with van der Waals surface area (Å²) in [5.74, 6) is 1.49. The highest BCUT2D eigenvalue weighted by atomic mass is 35.5. The average Bonchev–Trinajstić information content (AvgIpc) is 2.62. The summed E-state index contributed by atoms with van der Waals surface area (Å²) in [6.45, 7) is 3.66. The Balaban J connectivity index is 1.42. The van der Waals surface area contributed by atoms with Crippen molar-refractivity contribution in [3.63, 3.8) is 0 Å². The number of aromatic nitrogens is 4. The summed E-state index contributed by atoms with van der Waals surface area (Å²) >= 11 is 6.00. The van der Waals surface area contributed by atoms with Gasteiger partial charge in [-0.2, -0.15) is 0 Å². The predicted molar refractivity (Wildman–Crippen MR) is 97.2 cm³/mol. The van der Waals surface area contributed by atoms with Crippen LogP contribution in [0.15, 0.2) is 36.8 Å². The van der Waals surface area contributed by atoms with Crippen LogP contribution >= 0.6 is 11.6 Å². The lowest BCUT2D eigenvalue weighted by Gasteiger charge is -2.32. The van der Waals surface area contributed by atoms with Crippen molar-refractivity contribution in [2.75, 3.05) is 18.0 Å². The zero-order valence-corrected chi connectivity index (χ0v) is 14.6. The number of halogens is 1. The van der Waals surface area contributed by atoms with E-state index >= 15 is 0 Å².